The molecule has 0 spiro atoms. The summed E-state index contributed by atoms with van der Waals surface area (Å²) in [5.41, 5.74) is 0. The number of hydrogen-bond acceptors (Lipinski definition) is 3. The fourth-order valence-electron chi connectivity index (χ4n) is 0.823. The lowest BCUT2D eigenvalue weighted by atomic mass is 10.3. The number of ether oxygens (including phenoxy) is 1. The molecule has 0 unspecified atom stereocenters. The summed E-state index contributed by atoms with van der Waals surface area (Å²) in [5.74, 6) is 0.655. The fourth-order valence-corrected chi connectivity index (χ4v) is 1.45. The first-order valence-corrected chi connectivity index (χ1v) is 6.27. The third kappa shape index (κ3) is 3.79. The largest absolute Gasteiger partial charge is 0.497 e. The van der Waals surface area contributed by atoms with Gasteiger partial charge in [-0.3, -0.25) is 0 Å². The van der Waals surface area contributed by atoms with Crippen molar-refractivity contribution < 1.29 is 13.2 Å². The lowest BCUT2D eigenvalue weighted by Crippen LogP contribution is -1.96. The number of hydrogen-bond donors (Lipinski definition) is 0. The minimum Gasteiger partial charge on any atom is -0.497 e. The molecule has 0 aliphatic heterocycles. The predicted molar refractivity (Wildman–Crippen MR) is 57.5 cm³/mol. The lowest BCUT2D eigenvalue weighted by Gasteiger charge is -2.00. The number of methoxy groups -OCH3 is 1. The summed E-state index contributed by atoms with van der Waals surface area (Å²) in [4.78, 5) is 0.309. The van der Waals surface area contributed by atoms with Crippen LogP contribution in [0.1, 0.15) is 13.8 Å². The summed E-state index contributed by atoms with van der Waals surface area (Å²) in [5, 5.41) is 0. The van der Waals surface area contributed by atoms with Gasteiger partial charge in [0.25, 0.3) is 0 Å². The van der Waals surface area contributed by atoms with Gasteiger partial charge in [0.2, 0.25) is 0 Å². The van der Waals surface area contributed by atoms with Gasteiger partial charge in [0, 0.05) is 6.26 Å². The van der Waals surface area contributed by atoms with Crippen LogP contribution < -0.4 is 4.74 Å². The molecule has 0 N–H and O–H groups in total. The van der Waals surface area contributed by atoms with E-state index in [2.05, 4.69) is 0 Å². The van der Waals surface area contributed by atoms with E-state index in [4.69, 9.17) is 4.74 Å². The summed E-state index contributed by atoms with van der Waals surface area (Å²) < 4.78 is 26.9. The molecule has 4 heteroatoms. The van der Waals surface area contributed by atoms with Crippen LogP contribution in [0.5, 0.6) is 5.75 Å². The van der Waals surface area contributed by atoms with Crippen LogP contribution in [-0.4, -0.2) is 21.8 Å². The Balaban J connectivity index is 0.000000791. The monoisotopic (exact) mass is 216 g/mol. The van der Waals surface area contributed by atoms with Gasteiger partial charge < -0.3 is 4.74 Å². The zero-order chi connectivity index (χ0) is 11.2. The normalized spacial score (nSPS) is 10.0. The van der Waals surface area contributed by atoms with Crippen molar-refractivity contribution in [2.45, 2.75) is 18.7 Å². The van der Waals surface area contributed by atoms with Crippen LogP contribution in [0.25, 0.3) is 0 Å². The molecule has 0 heterocycles. The van der Waals surface area contributed by atoms with Crippen molar-refractivity contribution in [1.29, 1.82) is 0 Å². The van der Waals surface area contributed by atoms with E-state index in [-0.39, 0.29) is 0 Å². The molecule has 0 aliphatic carbocycles. The predicted octanol–water partition coefficient (Wildman–Crippen LogP) is 2.12. The highest BCUT2D eigenvalue weighted by Gasteiger charge is 2.05. The van der Waals surface area contributed by atoms with E-state index in [0.29, 0.717) is 10.6 Å². The van der Waals surface area contributed by atoms with Gasteiger partial charge in [0.1, 0.15) is 5.75 Å². The van der Waals surface area contributed by atoms with Crippen LogP contribution in [0.2, 0.25) is 0 Å². The summed E-state index contributed by atoms with van der Waals surface area (Å²) in [6, 6.07) is 6.29. The Morgan fingerprint density at radius 3 is 1.79 bits per heavy atom. The first-order valence-electron chi connectivity index (χ1n) is 4.38. The molecule has 1 aromatic carbocycles. The molecule has 0 saturated heterocycles. The van der Waals surface area contributed by atoms with Crippen molar-refractivity contribution >= 4 is 9.84 Å². The molecule has 3 nitrogen and oxygen atoms in total. The summed E-state index contributed by atoms with van der Waals surface area (Å²) in [7, 11) is -1.55. The Bertz CT molecular complexity index is 351. The second kappa shape index (κ2) is 5.65. The lowest BCUT2D eigenvalue weighted by molar-refractivity contribution is 0.414. The van der Waals surface area contributed by atoms with E-state index < -0.39 is 9.84 Å². The maximum absolute atomic E-state index is 11.0. The molecule has 0 amide bonds. The highest BCUT2D eigenvalue weighted by molar-refractivity contribution is 7.90. The van der Waals surface area contributed by atoms with Crippen molar-refractivity contribution in [3.05, 3.63) is 24.3 Å². The SMILES string of the molecule is CC.COc1ccc(S(C)(=O)=O)cc1. The van der Waals surface area contributed by atoms with Gasteiger partial charge in [-0.25, -0.2) is 8.42 Å². The van der Waals surface area contributed by atoms with Crippen LogP contribution in [-0.2, 0) is 9.84 Å². The number of sulfone groups is 1. The first kappa shape index (κ1) is 13.0. The van der Waals surface area contributed by atoms with E-state index in [0.717, 1.165) is 0 Å². The maximum Gasteiger partial charge on any atom is 0.175 e. The van der Waals surface area contributed by atoms with Crippen LogP contribution in [0.3, 0.4) is 0 Å². The minimum atomic E-state index is -3.08. The highest BCUT2D eigenvalue weighted by atomic mass is 32.2. The highest BCUT2D eigenvalue weighted by Crippen LogP contribution is 2.14. The number of rotatable bonds is 2. The molecule has 14 heavy (non-hydrogen) atoms. The van der Waals surface area contributed by atoms with Gasteiger partial charge in [0.05, 0.1) is 12.0 Å². The van der Waals surface area contributed by atoms with Gasteiger partial charge in [-0.05, 0) is 24.3 Å². The quantitative estimate of drug-likeness (QED) is 0.760. The molecule has 0 radical (unpaired) electrons. The second-order valence-electron chi connectivity index (χ2n) is 2.45. The molecule has 0 bridgehead atoms. The van der Waals surface area contributed by atoms with Gasteiger partial charge in [-0.2, -0.15) is 0 Å². The summed E-state index contributed by atoms with van der Waals surface area (Å²) >= 11 is 0. The van der Waals surface area contributed by atoms with Gasteiger partial charge in [-0.1, -0.05) is 13.8 Å². The zero-order valence-corrected chi connectivity index (χ0v) is 9.76. The van der Waals surface area contributed by atoms with Crippen LogP contribution in [0.4, 0.5) is 0 Å². The Morgan fingerprint density at radius 2 is 1.50 bits per heavy atom. The average Bonchev–Trinajstić information content (AvgIpc) is 2.20. The van der Waals surface area contributed by atoms with Gasteiger partial charge >= 0.3 is 0 Å². The maximum atomic E-state index is 11.0. The third-order valence-corrected chi connectivity index (χ3v) is 2.62. The molecule has 0 aromatic heterocycles. The molecule has 0 saturated carbocycles. The smallest absolute Gasteiger partial charge is 0.175 e. The molecule has 1 rings (SSSR count). The first-order chi connectivity index (χ1) is 6.54. The van der Waals surface area contributed by atoms with Crippen molar-refractivity contribution in [3.8, 4) is 5.75 Å². The summed E-state index contributed by atoms with van der Waals surface area (Å²) in [6.07, 6.45) is 1.18. The second-order valence-corrected chi connectivity index (χ2v) is 4.46. The van der Waals surface area contributed by atoms with Gasteiger partial charge in [-0.15, -0.1) is 0 Å². The molecule has 0 aliphatic rings. The standard InChI is InChI=1S/C8H10O3S.C2H6/c1-11-7-3-5-8(6-4-7)12(2,9)10;1-2/h3-6H,1-2H3;1-2H3. The Kier molecular flexibility index (Phi) is 5.23. The van der Waals surface area contributed by atoms with Crippen LogP contribution in [0.15, 0.2) is 29.2 Å². The van der Waals surface area contributed by atoms with Gasteiger partial charge in [0.15, 0.2) is 9.84 Å². The molecule has 0 atom stereocenters. The van der Waals surface area contributed by atoms with E-state index in [1.807, 2.05) is 13.8 Å². The molecule has 0 fully saturated rings. The van der Waals surface area contributed by atoms with Crippen molar-refractivity contribution in [1.82, 2.24) is 0 Å². The molecular formula is C10H16O3S. The Morgan fingerprint density at radius 1 is 1.07 bits per heavy atom. The van der Waals surface area contributed by atoms with E-state index in [1.165, 1.54) is 25.5 Å². The average molecular weight is 216 g/mol. The minimum absolute atomic E-state index is 0.309. The van der Waals surface area contributed by atoms with Crippen LogP contribution >= 0.6 is 0 Å². The Labute approximate surface area is 85.6 Å². The van der Waals surface area contributed by atoms with E-state index >= 15 is 0 Å². The van der Waals surface area contributed by atoms with Crippen molar-refractivity contribution in [2.75, 3.05) is 13.4 Å². The van der Waals surface area contributed by atoms with Crippen molar-refractivity contribution in [3.63, 3.8) is 0 Å². The fraction of sp³-hybridized carbons (Fsp3) is 0.400. The van der Waals surface area contributed by atoms with Crippen LogP contribution in [0, 0.1) is 0 Å². The van der Waals surface area contributed by atoms with E-state index in [1.54, 1.807) is 12.1 Å². The van der Waals surface area contributed by atoms with Crippen molar-refractivity contribution in [2.24, 2.45) is 0 Å². The molecule has 1 aromatic rings. The summed E-state index contributed by atoms with van der Waals surface area (Å²) in [6.45, 7) is 4.00. The topological polar surface area (TPSA) is 43.4 Å². The number of benzene rings is 1. The Hall–Kier alpha value is -1.03. The van der Waals surface area contributed by atoms with E-state index in [9.17, 15) is 8.42 Å². The third-order valence-electron chi connectivity index (χ3n) is 1.49. The molecular weight excluding hydrogens is 200 g/mol. The molecule has 80 valence electrons. The zero-order valence-electron chi connectivity index (χ0n) is 8.94.